The molecule has 1 aromatic carbocycles. The summed E-state index contributed by atoms with van der Waals surface area (Å²) in [4.78, 5) is 36.3. The number of ether oxygens (including phenoxy) is 1. The molecule has 0 saturated heterocycles. The van der Waals surface area contributed by atoms with Crippen LogP contribution in [0.2, 0.25) is 0 Å². The minimum atomic E-state index is -0.441. The first-order valence-electron chi connectivity index (χ1n) is 8.61. The van der Waals surface area contributed by atoms with Gasteiger partial charge in [-0.3, -0.25) is 9.59 Å². The number of rotatable bonds is 6. The third-order valence-corrected chi connectivity index (χ3v) is 4.98. The van der Waals surface area contributed by atoms with Crippen LogP contribution in [0.15, 0.2) is 45.0 Å². The number of hydrogen-bond donors (Lipinski definition) is 1. The molecule has 0 saturated carbocycles. The minimum Gasteiger partial charge on any atom is -0.458 e. The van der Waals surface area contributed by atoms with E-state index >= 15 is 0 Å². The highest BCUT2D eigenvalue weighted by Crippen LogP contribution is 2.21. The topological polar surface area (TPSA) is 111 Å². The first kappa shape index (κ1) is 18.1. The molecule has 0 aliphatic heterocycles. The average Bonchev–Trinajstić information content (AvgIpc) is 3.37. The molecule has 8 nitrogen and oxygen atoms in total. The van der Waals surface area contributed by atoms with E-state index in [9.17, 15) is 9.59 Å². The number of aryl methyl sites for hydroxylation is 2. The van der Waals surface area contributed by atoms with Gasteiger partial charge in [-0.2, -0.15) is 4.98 Å². The van der Waals surface area contributed by atoms with Gasteiger partial charge in [-0.15, -0.1) is 11.3 Å². The maximum Gasteiger partial charge on any atom is 0.306 e. The molecule has 0 spiro atoms. The van der Waals surface area contributed by atoms with E-state index in [-0.39, 0.29) is 25.0 Å². The van der Waals surface area contributed by atoms with Crippen molar-refractivity contribution in [3.05, 3.63) is 63.3 Å². The number of para-hydroxylation sites is 1. The molecule has 3 heterocycles. The number of carbonyl (C=O) groups is 1. The normalized spacial score (nSPS) is 11.0. The van der Waals surface area contributed by atoms with Crippen LogP contribution >= 0.6 is 11.3 Å². The number of aromatic nitrogens is 4. The summed E-state index contributed by atoms with van der Waals surface area (Å²) >= 11 is 1.51. The number of thiophene rings is 1. The zero-order valence-electron chi connectivity index (χ0n) is 15.0. The average molecular weight is 396 g/mol. The van der Waals surface area contributed by atoms with E-state index < -0.39 is 5.97 Å². The summed E-state index contributed by atoms with van der Waals surface area (Å²) in [5, 5.41) is 6.33. The highest BCUT2D eigenvalue weighted by molar-refractivity contribution is 7.13. The summed E-state index contributed by atoms with van der Waals surface area (Å²) in [6.45, 7) is 1.77. The lowest BCUT2D eigenvalue weighted by molar-refractivity contribution is -0.145. The van der Waals surface area contributed by atoms with Gasteiger partial charge in [0, 0.05) is 6.42 Å². The molecular formula is C19H16N4O4S. The van der Waals surface area contributed by atoms with E-state index in [2.05, 4.69) is 20.1 Å². The maximum absolute atomic E-state index is 12.1. The molecule has 142 valence electrons. The minimum absolute atomic E-state index is 0.0862. The summed E-state index contributed by atoms with van der Waals surface area (Å²) in [5.41, 5.74) is 1.23. The van der Waals surface area contributed by atoms with Gasteiger partial charge in [-0.25, -0.2) is 4.98 Å². The molecule has 0 fully saturated rings. The van der Waals surface area contributed by atoms with Crippen LogP contribution in [0.1, 0.15) is 23.7 Å². The van der Waals surface area contributed by atoms with Crippen molar-refractivity contribution in [1.29, 1.82) is 0 Å². The van der Waals surface area contributed by atoms with E-state index in [0.717, 1.165) is 10.4 Å². The number of nitrogens with zero attached hydrogens (tertiary/aromatic N) is 3. The van der Waals surface area contributed by atoms with Crippen molar-refractivity contribution in [2.75, 3.05) is 0 Å². The third kappa shape index (κ3) is 3.84. The Balaban J connectivity index is 1.35. The van der Waals surface area contributed by atoms with Crippen molar-refractivity contribution >= 4 is 28.2 Å². The molecule has 0 amide bonds. The molecule has 1 N–H and O–H groups in total. The molecular weight excluding hydrogens is 380 g/mol. The second kappa shape index (κ2) is 7.73. The van der Waals surface area contributed by atoms with Gasteiger partial charge in [0.2, 0.25) is 11.7 Å². The maximum atomic E-state index is 12.1. The Bertz CT molecular complexity index is 1180. The Morgan fingerprint density at radius 1 is 1.25 bits per heavy atom. The van der Waals surface area contributed by atoms with Crippen molar-refractivity contribution in [3.8, 4) is 10.7 Å². The van der Waals surface area contributed by atoms with Gasteiger partial charge in [0.15, 0.2) is 0 Å². The molecule has 4 rings (SSSR count). The summed E-state index contributed by atoms with van der Waals surface area (Å²) in [7, 11) is 0. The van der Waals surface area contributed by atoms with Crippen LogP contribution < -0.4 is 5.56 Å². The molecule has 28 heavy (non-hydrogen) atoms. The van der Waals surface area contributed by atoms with Gasteiger partial charge in [0.05, 0.1) is 22.2 Å². The summed E-state index contributed by atoms with van der Waals surface area (Å²) in [5.74, 6) is 0.737. The lowest BCUT2D eigenvalue weighted by atomic mass is 10.1. The SMILES string of the molecule is Cc1cccc2c(=O)[nH]c(COC(=O)CCc3nc(-c4cccs4)no3)nc12. The largest absolute Gasteiger partial charge is 0.458 e. The Kier molecular flexibility index (Phi) is 4.98. The number of aromatic amines is 1. The van der Waals surface area contributed by atoms with Gasteiger partial charge in [-0.1, -0.05) is 23.4 Å². The highest BCUT2D eigenvalue weighted by Gasteiger charge is 2.13. The molecule has 9 heteroatoms. The molecule has 3 aromatic heterocycles. The van der Waals surface area contributed by atoms with E-state index in [4.69, 9.17) is 9.26 Å². The molecule has 0 unspecified atom stereocenters. The van der Waals surface area contributed by atoms with Gasteiger partial charge in [-0.05, 0) is 30.0 Å². The lowest BCUT2D eigenvalue weighted by Crippen LogP contribution is -2.15. The monoisotopic (exact) mass is 396 g/mol. The Morgan fingerprint density at radius 2 is 2.14 bits per heavy atom. The number of nitrogens with one attached hydrogen (secondary N) is 1. The van der Waals surface area contributed by atoms with Gasteiger partial charge in [0.25, 0.3) is 5.56 Å². The molecule has 0 atom stereocenters. The fourth-order valence-electron chi connectivity index (χ4n) is 2.71. The Labute approximate surface area is 163 Å². The van der Waals surface area contributed by atoms with Crippen molar-refractivity contribution in [2.45, 2.75) is 26.4 Å². The van der Waals surface area contributed by atoms with Crippen molar-refractivity contribution in [2.24, 2.45) is 0 Å². The zero-order chi connectivity index (χ0) is 19.5. The summed E-state index contributed by atoms with van der Waals surface area (Å²) < 4.78 is 10.4. The zero-order valence-corrected chi connectivity index (χ0v) is 15.8. The number of carbonyl (C=O) groups excluding carboxylic acids is 1. The van der Waals surface area contributed by atoms with Crippen LogP contribution in [-0.2, 0) is 22.6 Å². The number of benzene rings is 1. The fourth-order valence-corrected chi connectivity index (χ4v) is 3.36. The highest BCUT2D eigenvalue weighted by atomic mass is 32.1. The third-order valence-electron chi connectivity index (χ3n) is 4.11. The van der Waals surface area contributed by atoms with E-state index in [0.29, 0.717) is 28.4 Å². The second-order valence-corrected chi connectivity index (χ2v) is 7.08. The van der Waals surface area contributed by atoms with Crippen LogP contribution in [0.25, 0.3) is 21.6 Å². The van der Waals surface area contributed by atoms with Crippen molar-refractivity contribution < 1.29 is 14.1 Å². The summed E-state index contributed by atoms with van der Waals surface area (Å²) in [6, 6.07) is 9.18. The number of esters is 1. The number of fused-ring (bicyclic) bond motifs is 1. The first-order valence-corrected chi connectivity index (χ1v) is 9.49. The number of H-pyrrole nitrogens is 1. The predicted molar refractivity (Wildman–Crippen MR) is 103 cm³/mol. The molecule has 0 radical (unpaired) electrons. The van der Waals surface area contributed by atoms with Gasteiger partial charge in [0.1, 0.15) is 12.4 Å². The van der Waals surface area contributed by atoms with Crippen LogP contribution in [0.5, 0.6) is 0 Å². The van der Waals surface area contributed by atoms with Crippen LogP contribution in [-0.4, -0.2) is 26.1 Å². The van der Waals surface area contributed by atoms with E-state index in [1.807, 2.05) is 30.5 Å². The van der Waals surface area contributed by atoms with Crippen molar-refractivity contribution in [3.63, 3.8) is 0 Å². The molecule has 0 aliphatic carbocycles. The predicted octanol–water partition coefficient (Wildman–Crippen LogP) is 3.02. The lowest BCUT2D eigenvalue weighted by Gasteiger charge is -2.06. The fraction of sp³-hybridized carbons (Fsp3) is 0.211. The van der Waals surface area contributed by atoms with Gasteiger partial charge >= 0.3 is 5.97 Å². The first-order chi connectivity index (χ1) is 13.6. The molecule has 4 aromatic rings. The van der Waals surface area contributed by atoms with E-state index in [1.54, 1.807) is 12.1 Å². The van der Waals surface area contributed by atoms with Gasteiger partial charge < -0.3 is 14.2 Å². The quantitative estimate of drug-likeness (QED) is 0.499. The smallest absolute Gasteiger partial charge is 0.306 e. The van der Waals surface area contributed by atoms with Crippen molar-refractivity contribution in [1.82, 2.24) is 20.1 Å². The Hall–Kier alpha value is -3.33. The van der Waals surface area contributed by atoms with Crippen LogP contribution in [0.3, 0.4) is 0 Å². The number of hydrogen-bond acceptors (Lipinski definition) is 8. The Morgan fingerprint density at radius 3 is 2.96 bits per heavy atom. The van der Waals surface area contributed by atoms with E-state index in [1.165, 1.54) is 11.3 Å². The second-order valence-electron chi connectivity index (χ2n) is 6.13. The summed E-state index contributed by atoms with van der Waals surface area (Å²) in [6.07, 6.45) is 0.362. The van der Waals surface area contributed by atoms with Crippen LogP contribution in [0.4, 0.5) is 0 Å². The standard InChI is InChI=1S/C19H16N4O4S/c1-11-4-2-5-12-17(11)20-14(21-19(12)25)10-26-16(24)8-7-15-22-18(23-27-15)13-6-3-9-28-13/h2-6,9H,7-8,10H2,1H3,(H,20,21,25). The van der Waals surface area contributed by atoms with Crippen LogP contribution in [0, 0.1) is 6.92 Å². The molecule has 0 aliphatic rings. The molecule has 0 bridgehead atoms.